The van der Waals surface area contributed by atoms with Gasteiger partial charge < -0.3 is 20.6 Å². The van der Waals surface area contributed by atoms with E-state index in [1.54, 1.807) is 6.08 Å². The number of likely N-dealkylation sites (N-methyl/N-ethyl adjacent to an activating group) is 1. The first-order valence-corrected chi connectivity index (χ1v) is 14.7. The molecule has 3 rings (SSSR count). The van der Waals surface area contributed by atoms with Crippen molar-refractivity contribution in [3.8, 4) is 5.75 Å². The van der Waals surface area contributed by atoms with Crippen LogP contribution in [0.3, 0.4) is 0 Å². The van der Waals surface area contributed by atoms with Gasteiger partial charge in [0.05, 0.1) is 0 Å². The van der Waals surface area contributed by atoms with Crippen molar-refractivity contribution in [1.82, 2.24) is 5.32 Å². The molecule has 3 N–H and O–H groups in total. The number of unbranched alkanes of at least 4 members (excludes halogenated alkanes) is 3. The van der Waals surface area contributed by atoms with Gasteiger partial charge >= 0.3 is 0 Å². The number of carbonyl (C=O) groups is 1. The van der Waals surface area contributed by atoms with Crippen molar-refractivity contribution >= 4 is 18.9 Å². The second-order valence-electron chi connectivity index (χ2n) is 9.89. The monoisotopic (exact) mass is 576 g/mol. The zero-order valence-electron chi connectivity index (χ0n) is 27.6. The van der Waals surface area contributed by atoms with Gasteiger partial charge in [0.25, 0.3) is 0 Å². The van der Waals surface area contributed by atoms with Gasteiger partial charge in [-0.1, -0.05) is 90.7 Å². The van der Waals surface area contributed by atoms with Crippen LogP contribution >= 0.6 is 0 Å². The van der Waals surface area contributed by atoms with Gasteiger partial charge in [-0.15, -0.1) is 0 Å². The Hall–Kier alpha value is -2.83. The quantitative estimate of drug-likeness (QED) is 0.322. The molecule has 2 aromatic carbocycles. The van der Waals surface area contributed by atoms with Crippen LogP contribution in [0.5, 0.6) is 5.75 Å². The van der Waals surface area contributed by atoms with Crippen molar-refractivity contribution in [3.63, 3.8) is 0 Å². The second-order valence-corrected chi connectivity index (χ2v) is 9.89. The van der Waals surface area contributed by atoms with Gasteiger partial charge in [-0.05, 0) is 70.6 Å². The van der Waals surface area contributed by atoms with Crippen LogP contribution in [0, 0.1) is 18.6 Å². The Morgan fingerprint density at radius 3 is 2.02 bits per heavy atom. The molecular weight excluding hydrogens is 518 g/mol. The highest BCUT2D eigenvalue weighted by molar-refractivity contribution is 5.61. The number of ether oxygens (including phenoxy) is 1. The molecule has 0 unspecified atom stereocenters. The molecule has 2 aromatic rings. The number of carbonyl (C=O) groups excluding carboxylic acids is 1. The number of benzene rings is 2. The number of halogens is 2. The third-order valence-electron chi connectivity index (χ3n) is 5.33. The standard InChI is InChI=1S/C13H16O.C11H13F2N.C6H14.C2H7N.C2H6.CH2O/c1-5-10-6-9(2)7-11-8-13(3,4)14-12(10)11;1-8(7-14-2)5-9-3-4-10(12)6-11(9)13;1-3-5-6-4-2;1-2-3;2*1-2/h5-7H,1,8H2,2-4H3;3-6,14H,7H2,1-2H3;3-6H2,1-2H3;2-3H2,1H3;1-2H3;1H2/b;8-5+;;;;. The molecule has 0 fully saturated rings. The van der Waals surface area contributed by atoms with Crippen molar-refractivity contribution < 1.29 is 18.3 Å². The Bertz CT molecular complexity index is 984. The molecule has 1 aliphatic rings. The van der Waals surface area contributed by atoms with Crippen LogP contribution in [0.25, 0.3) is 12.2 Å². The Morgan fingerprint density at radius 1 is 1.05 bits per heavy atom. The van der Waals surface area contributed by atoms with E-state index in [9.17, 15) is 8.78 Å². The summed E-state index contributed by atoms with van der Waals surface area (Å²) in [6.45, 7) is 25.9. The van der Waals surface area contributed by atoms with E-state index in [1.807, 2.05) is 47.6 Å². The minimum atomic E-state index is -0.550. The Balaban J connectivity index is -0.000000502. The largest absolute Gasteiger partial charge is 0.487 e. The summed E-state index contributed by atoms with van der Waals surface area (Å²) in [5.74, 6) is -0.0537. The van der Waals surface area contributed by atoms with Crippen LogP contribution in [-0.2, 0) is 11.2 Å². The molecular formula is C35H58F2N2O2. The molecule has 0 aliphatic carbocycles. The molecule has 6 heteroatoms. The van der Waals surface area contributed by atoms with Crippen LogP contribution in [0.1, 0.15) is 103 Å². The van der Waals surface area contributed by atoms with E-state index in [-0.39, 0.29) is 5.60 Å². The van der Waals surface area contributed by atoms with Crippen molar-refractivity contribution in [2.24, 2.45) is 5.73 Å². The van der Waals surface area contributed by atoms with Crippen LogP contribution in [0.15, 0.2) is 42.5 Å². The maximum atomic E-state index is 13.1. The van der Waals surface area contributed by atoms with Crippen LogP contribution in [0.2, 0.25) is 0 Å². The number of hydrogen-bond acceptors (Lipinski definition) is 4. The third-order valence-corrected chi connectivity index (χ3v) is 5.33. The number of rotatable bonds is 7. The summed E-state index contributed by atoms with van der Waals surface area (Å²) >= 11 is 0. The van der Waals surface area contributed by atoms with Gasteiger partial charge in [-0.2, -0.15) is 0 Å². The number of nitrogens with two attached hydrogens (primary N) is 1. The lowest BCUT2D eigenvalue weighted by Gasteiger charge is -2.17. The lowest BCUT2D eigenvalue weighted by molar-refractivity contribution is -0.0980. The number of aryl methyl sites for hydroxylation is 1. The van der Waals surface area contributed by atoms with Crippen molar-refractivity contribution in [2.75, 3.05) is 20.1 Å². The first kappa shape index (κ1) is 42.6. The van der Waals surface area contributed by atoms with E-state index in [0.29, 0.717) is 12.1 Å². The maximum absolute atomic E-state index is 13.1. The highest BCUT2D eigenvalue weighted by atomic mass is 19.1. The molecule has 0 aromatic heterocycles. The Morgan fingerprint density at radius 2 is 1.59 bits per heavy atom. The summed E-state index contributed by atoms with van der Waals surface area (Å²) in [6.07, 6.45) is 10.1. The summed E-state index contributed by atoms with van der Waals surface area (Å²) in [5, 5.41) is 2.95. The topological polar surface area (TPSA) is 64.3 Å². The average molecular weight is 577 g/mol. The summed E-state index contributed by atoms with van der Waals surface area (Å²) in [5.41, 5.74) is 9.90. The van der Waals surface area contributed by atoms with Crippen LogP contribution < -0.4 is 15.8 Å². The first-order valence-electron chi connectivity index (χ1n) is 14.7. The molecule has 0 bridgehead atoms. The van der Waals surface area contributed by atoms with Gasteiger partial charge in [-0.3, -0.25) is 0 Å². The molecule has 0 amide bonds. The van der Waals surface area contributed by atoms with Crippen LogP contribution in [0.4, 0.5) is 8.78 Å². The molecule has 0 atom stereocenters. The van der Waals surface area contributed by atoms with E-state index < -0.39 is 11.6 Å². The number of nitrogens with one attached hydrogen (secondary N) is 1. The lowest BCUT2D eigenvalue weighted by Crippen LogP contribution is -2.24. The second kappa shape index (κ2) is 26.1. The van der Waals surface area contributed by atoms with Gasteiger partial charge in [0, 0.05) is 30.2 Å². The maximum Gasteiger partial charge on any atom is 0.133 e. The fraction of sp³-hybridized carbons (Fsp3) is 0.514. The molecule has 0 saturated carbocycles. The molecule has 0 saturated heterocycles. The van der Waals surface area contributed by atoms with E-state index >= 15 is 0 Å². The van der Waals surface area contributed by atoms with Gasteiger partial charge in [0.1, 0.15) is 29.8 Å². The number of hydrogen-bond donors (Lipinski definition) is 2. The minimum Gasteiger partial charge on any atom is -0.487 e. The normalized spacial score (nSPS) is 12.0. The molecule has 4 nitrogen and oxygen atoms in total. The zero-order chi connectivity index (χ0) is 32.4. The van der Waals surface area contributed by atoms with E-state index in [1.165, 1.54) is 48.9 Å². The van der Waals surface area contributed by atoms with Gasteiger partial charge in [0.15, 0.2) is 0 Å². The van der Waals surface area contributed by atoms with Gasteiger partial charge in [0.2, 0.25) is 0 Å². The van der Waals surface area contributed by atoms with Crippen molar-refractivity contribution in [1.29, 1.82) is 0 Å². The smallest absolute Gasteiger partial charge is 0.133 e. The van der Waals surface area contributed by atoms with Gasteiger partial charge in [-0.25, -0.2) is 8.78 Å². The van der Waals surface area contributed by atoms with E-state index in [0.717, 1.165) is 35.9 Å². The fourth-order valence-corrected chi connectivity index (χ4v) is 3.77. The molecule has 0 spiro atoms. The van der Waals surface area contributed by atoms with E-state index in [4.69, 9.17) is 15.3 Å². The predicted octanol–water partition coefficient (Wildman–Crippen LogP) is 9.33. The first-order chi connectivity index (χ1) is 19.5. The molecule has 1 aliphatic heterocycles. The SMILES string of the molecule is C=Cc1cc(C)cc2c1OC(C)(C)C2.C=O.CC.CCCCCC.CCN.CNC/C(C)=C/c1ccc(F)cc1F. The summed E-state index contributed by atoms with van der Waals surface area (Å²) in [4.78, 5) is 8.00. The highest BCUT2D eigenvalue weighted by Crippen LogP contribution is 2.38. The molecule has 0 radical (unpaired) electrons. The highest BCUT2D eigenvalue weighted by Gasteiger charge is 2.31. The minimum absolute atomic E-state index is 0.0616. The zero-order valence-corrected chi connectivity index (χ0v) is 27.6. The Labute approximate surface area is 250 Å². The van der Waals surface area contributed by atoms with E-state index in [2.05, 4.69) is 58.6 Å². The van der Waals surface area contributed by atoms with Crippen molar-refractivity contribution in [2.45, 2.75) is 100 Å². The Kier molecular flexibility index (Phi) is 27.1. The predicted molar refractivity (Wildman–Crippen MR) is 177 cm³/mol. The summed E-state index contributed by atoms with van der Waals surface area (Å²) in [6, 6.07) is 7.90. The molecule has 41 heavy (non-hydrogen) atoms. The third kappa shape index (κ3) is 19.8. The number of fused-ring (bicyclic) bond motifs is 1. The summed E-state index contributed by atoms with van der Waals surface area (Å²) < 4.78 is 31.6. The van der Waals surface area contributed by atoms with Crippen molar-refractivity contribution in [3.05, 3.63) is 76.4 Å². The molecule has 1 heterocycles. The average Bonchev–Trinajstić information content (AvgIpc) is 3.26. The summed E-state index contributed by atoms with van der Waals surface area (Å²) in [7, 11) is 1.82. The fourth-order valence-electron chi connectivity index (χ4n) is 3.77. The lowest BCUT2D eigenvalue weighted by atomic mass is 9.98. The van der Waals surface area contributed by atoms with Crippen LogP contribution in [-0.4, -0.2) is 32.5 Å². The molecule has 234 valence electrons.